The lowest BCUT2D eigenvalue weighted by molar-refractivity contribution is -0.155. The molecule has 0 heterocycles. The Morgan fingerprint density at radius 3 is 1.86 bits per heavy atom. The molecule has 0 spiro atoms. The van der Waals surface area contributed by atoms with E-state index < -0.39 is 0 Å². The Hall–Kier alpha value is -0.790. The van der Waals surface area contributed by atoms with Crippen molar-refractivity contribution >= 4 is 5.97 Å². The summed E-state index contributed by atoms with van der Waals surface area (Å²) < 4.78 is 5.56. The number of allylic oxidation sites excluding steroid dienone is 2. The van der Waals surface area contributed by atoms with Crippen LogP contribution >= 0.6 is 0 Å². The van der Waals surface area contributed by atoms with Crippen LogP contribution in [0.5, 0.6) is 0 Å². The quantitative estimate of drug-likeness (QED) is 0.397. The Bertz CT molecular complexity index is 785. The molecular weight excluding hydrogens is 344 g/mol. The highest BCUT2D eigenvalue weighted by atomic mass is 16.5. The molecule has 150 valence electrons. The molecule has 8 bridgehead atoms. The van der Waals surface area contributed by atoms with Gasteiger partial charge in [-0.2, -0.15) is 0 Å². The van der Waals surface area contributed by atoms with Crippen LogP contribution in [0.3, 0.4) is 0 Å². The molecule has 0 saturated heterocycles. The van der Waals surface area contributed by atoms with Crippen LogP contribution in [0.15, 0.2) is 12.2 Å². The van der Waals surface area contributed by atoms with Gasteiger partial charge in [-0.1, -0.05) is 19.1 Å². The molecule has 16 atom stereocenters. The van der Waals surface area contributed by atoms with Crippen LogP contribution in [-0.4, -0.2) is 12.6 Å². The highest BCUT2D eigenvalue weighted by Crippen LogP contribution is 2.81. The second-order valence-electron chi connectivity index (χ2n) is 12.2. The maximum atomic E-state index is 12.8. The van der Waals surface area contributed by atoms with Crippen molar-refractivity contribution in [1.82, 2.24) is 0 Å². The lowest BCUT2D eigenvalue weighted by Crippen LogP contribution is -2.49. The molecule has 2 nitrogen and oxygen atoms in total. The van der Waals surface area contributed by atoms with E-state index in [1.54, 1.807) is 6.42 Å². The number of ether oxygens (including phenoxy) is 1. The average Bonchev–Trinajstić information content (AvgIpc) is 3.51. The zero-order valence-electron chi connectivity index (χ0n) is 17.2. The van der Waals surface area contributed by atoms with Crippen LogP contribution in [0.25, 0.3) is 0 Å². The third kappa shape index (κ3) is 1.50. The van der Waals surface area contributed by atoms with Gasteiger partial charge in [0.2, 0.25) is 0 Å². The minimum Gasteiger partial charge on any atom is -0.466 e. The zero-order chi connectivity index (χ0) is 18.5. The fourth-order valence-corrected chi connectivity index (χ4v) is 12.4. The summed E-state index contributed by atoms with van der Waals surface area (Å²) >= 11 is 0. The zero-order valence-corrected chi connectivity index (χ0v) is 17.2. The Morgan fingerprint density at radius 1 is 0.750 bits per heavy atom. The highest BCUT2D eigenvalue weighted by Gasteiger charge is 2.77. The van der Waals surface area contributed by atoms with Crippen LogP contribution in [0.2, 0.25) is 0 Å². The number of hydrogen-bond donors (Lipinski definition) is 0. The first-order chi connectivity index (χ1) is 13.7. The van der Waals surface area contributed by atoms with Crippen LogP contribution in [0.1, 0.15) is 39.5 Å². The highest BCUT2D eigenvalue weighted by molar-refractivity contribution is 5.74. The second kappa shape index (κ2) is 4.92. The molecule has 0 amide bonds. The van der Waals surface area contributed by atoms with Gasteiger partial charge in [-0.3, -0.25) is 4.79 Å². The summed E-state index contributed by atoms with van der Waals surface area (Å²) in [5.74, 6) is 14.6. The molecule has 0 aromatic heterocycles. The van der Waals surface area contributed by atoms with Crippen molar-refractivity contribution in [3.8, 4) is 0 Å². The fraction of sp³-hybridized carbons (Fsp3) is 0.885. The largest absolute Gasteiger partial charge is 0.466 e. The average molecular weight is 379 g/mol. The molecule has 2 heteroatoms. The SMILES string of the molecule is CCOC(=O)C1C(C)C2CC1C1C3CC(C21)C1C2CC(C4C5C=CC(C5)C24)C31. The third-order valence-electron chi connectivity index (χ3n) is 12.3. The van der Waals surface area contributed by atoms with Crippen molar-refractivity contribution < 1.29 is 9.53 Å². The van der Waals surface area contributed by atoms with E-state index in [4.69, 9.17) is 4.74 Å². The first kappa shape index (κ1) is 16.0. The molecule has 16 unspecified atom stereocenters. The van der Waals surface area contributed by atoms with Crippen molar-refractivity contribution in [3.05, 3.63) is 12.2 Å². The van der Waals surface area contributed by atoms with E-state index in [0.717, 1.165) is 76.9 Å². The Labute approximate surface area is 168 Å². The van der Waals surface area contributed by atoms with E-state index in [9.17, 15) is 4.79 Å². The van der Waals surface area contributed by atoms with Gasteiger partial charge < -0.3 is 4.74 Å². The predicted octanol–water partition coefficient (Wildman–Crippen LogP) is 4.65. The lowest BCUT2D eigenvalue weighted by Gasteiger charge is -2.51. The van der Waals surface area contributed by atoms with Gasteiger partial charge >= 0.3 is 5.97 Å². The van der Waals surface area contributed by atoms with Crippen molar-refractivity contribution in [1.29, 1.82) is 0 Å². The maximum absolute atomic E-state index is 12.8. The minimum absolute atomic E-state index is 0.145. The number of esters is 1. The molecule has 28 heavy (non-hydrogen) atoms. The van der Waals surface area contributed by atoms with Crippen molar-refractivity contribution in [3.63, 3.8) is 0 Å². The summed E-state index contributed by atoms with van der Waals surface area (Å²) in [5, 5.41) is 0. The van der Waals surface area contributed by atoms with E-state index in [-0.39, 0.29) is 11.9 Å². The van der Waals surface area contributed by atoms with Gasteiger partial charge in [0, 0.05) is 0 Å². The predicted molar refractivity (Wildman–Crippen MR) is 106 cm³/mol. The topological polar surface area (TPSA) is 26.3 Å². The second-order valence-corrected chi connectivity index (χ2v) is 12.2. The maximum Gasteiger partial charge on any atom is 0.309 e. The number of rotatable bonds is 2. The normalized spacial score (nSPS) is 67.9. The first-order valence-electron chi connectivity index (χ1n) is 12.5. The van der Waals surface area contributed by atoms with E-state index in [1.807, 2.05) is 6.92 Å². The lowest BCUT2D eigenvalue weighted by atomic mass is 9.53. The summed E-state index contributed by atoms with van der Waals surface area (Å²) in [5.41, 5.74) is 0. The van der Waals surface area contributed by atoms with Gasteiger partial charge in [-0.05, 0) is 121 Å². The van der Waals surface area contributed by atoms with Gasteiger partial charge in [-0.25, -0.2) is 0 Å². The summed E-state index contributed by atoms with van der Waals surface area (Å²) in [6.45, 7) is 4.91. The van der Waals surface area contributed by atoms with Crippen LogP contribution < -0.4 is 0 Å². The van der Waals surface area contributed by atoms with Crippen molar-refractivity contribution in [2.24, 2.45) is 94.7 Å². The van der Waals surface area contributed by atoms with Crippen LogP contribution in [0.4, 0.5) is 0 Å². The third-order valence-corrected chi connectivity index (χ3v) is 12.3. The molecule has 0 aromatic carbocycles. The molecular formula is C26H34O2. The molecule has 0 aromatic rings. The van der Waals surface area contributed by atoms with Crippen LogP contribution in [-0.2, 0) is 9.53 Å². The van der Waals surface area contributed by atoms with Gasteiger partial charge in [0.1, 0.15) is 0 Å². The molecule has 8 aliphatic carbocycles. The number of fused-ring (bicyclic) bond motifs is 23. The van der Waals surface area contributed by atoms with Gasteiger partial charge in [0.05, 0.1) is 12.5 Å². The van der Waals surface area contributed by atoms with Gasteiger partial charge in [-0.15, -0.1) is 0 Å². The van der Waals surface area contributed by atoms with Crippen LogP contribution in [0, 0.1) is 94.7 Å². The Kier molecular flexibility index (Phi) is 2.80. The van der Waals surface area contributed by atoms with Crippen molar-refractivity contribution in [2.75, 3.05) is 6.61 Å². The van der Waals surface area contributed by atoms with Crippen molar-refractivity contribution in [2.45, 2.75) is 39.5 Å². The van der Waals surface area contributed by atoms with Gasteiger partial charge in [0.25, 0.3) is 0 Å². The summed E-state index contributed by atoms with van der Waals surface area (Å²) in [6.07, 6.45) is 11.2. The summed E-state index contributed by atoms with van der Waals surface area (Å²) in [6, 6.07) is 0. The molecule has 8 aliphatic rings. The Balaban J connectivity index is 1.15. The minimum atomic E-state index is 0.145. The van der Waals surface area contributed by atoms with E-state index in [2.05, 4.69) is 19.1 Å². The first-order valence-corrected chi connectivity index (χ1v) is 12.5. The van der Waals surface area contributed by atoms with E-state index in [1.165, 1.54) is 19.3 Å². The molecule has 0 aliphatic heterocycles. The van der Waals surface area contributed by atoms with Gasteiger partial charge in [0.15, 0.2) is 0 Å². The number of carbonyl (C=O) groups excluding carboxylic acids is 1. The van der Waals surface area contributed by atoms with E-state index in [0.29, 0.717) is 18.4 Å². The summed E-state index contributed by atoms with van der Waals surface area (Å²) in [4.78, 5) is 12.8. The standard InChI is InChI=1S/C26H34O2/c1-3-28-26(27)19-10(2)13-7-14(19)23-18-9-17(22(13)23)24-15-8-16(25(18)24)21-12-5-4-11(6-12)20(15)21/h4-5,10-25H,3,6-9H2,1-2H3. The number of hydrogen-bond acceptors (Lipinski definition) is 2. The molecule has 0 radical (unpaired) electrons. The fourth-order valence-electron chi connectivity index (χ4n) is 12.4. The molecule has 8 rings (SSSR count). The van der Waals surface area contributed by atoms with E-state index >= 15 is 0 Å². The Morgan fingerprint density at radius 2 is 1.25 bits per heavy atom. The monoisotopic (exact) mass is 378 g/mol. The summed E-state index contributed by atoms with van der Waals surface area (Å²) in [7, 11) is 0. The molecule has 7 fully saturated rings. The number of carbonyl (C=O) groups is 1. The molecule has 0 N–H and O–H groups in total. The molecule has 7 saturated carbocycles. The smallest absolute Gasteiger partial charge is 0.309 e.